The second-order valence-electron chi connectivity index (χ2n) is 6.85. The molecule has 0 aromatic carbocycles. The van der Waals surface area contributed by atoms with Crippen LogP contribution in [0.3, 0.4) is 0 Å². The molecule has 2 rings (SSSR count). The highest BCUT2D eigenvalue weighted by atomic mass is 15.1. The molecular weight excluding hydrogens is 208 g/mol. The van der Waals surface area contributed by atoms with Crippen LogP contribution in [0.4, 0.5) is 0 Å². The maximum absolute atomic E-state index is 6.10. The van der Waals surface area contributed by atoms with Gasteiger partial charge in [-0.25, -0.2) is 0 Å². The summed E-state index contributed by atoms with van der Waals surface area (Å²) in [5.74, 6) is 1.86. The van der Waals surface area contributed by atoms with Crippen molar-refractivity contribution in [3.63, 3.8) is 0 Å². The lowest BCUT2D eigenvalue weighted by molar-refractivity contribution is 0.0749. The van der Waals surface area contributed by atoms with Gasteiger partial charge in [-0.3, -0.25) is 0 Å². The molecule has 100 valence electrons. The van der Waals surface area contributed by atoms with Crippen molar-refractivity contribution in [3.8, 4) is 0 Å². The summed E-state index contributed by atoms with van der Waals surface area (Å²) in [5, 5.41) is 0. The average molecular weight is 238 g/mol. The van der Waals surface area contributed by atoms with Crippen LogP contribution >= 0.6 is 0 Å². The van der Waals surface area contributed by atoms with Crippen molar-refractivity contribution in [2.45, 2.75) is 52.4 Å². The lowest BCUT2D eigenvalue weighted by Crippen LogP contribution is -2.47. The molecule has 1 saturated heterocycles. The van der Waals surface area contributed by atoms with Crippen LogP contribution in [0, 0.1) is 17.3 Å². The molecule has 0 unspecified atom stereocenters. The molecule has 2 nitrogen and oxygen atoms in total. The van der Waals surface area contributed by atoms with Gasteiger partial charge in [0.25, 0.3) is 0 Å². The van der Waals surface area contributed by atoms with Gasteiger partial charge in [0.15, 0.2) is 0 Å². The number of hydrogen-bond donors (Lipinski definition) is 1. The Kier molecular flexibility index (Phi) is 4.48. The zero-order chi connectivity index (χ0) is 12.3. The smallest absolute Gasteiger partial charge is 0.00501 e. The summed E-state index contributed by atoms with van der Waals surface area (Å²) in [6, 6.07) is 0. The summed E-state index contributed by atoms with van der Waals surface area (Å²) in [5.41, 5.74) is 6.55. The lowest BCUT2D eigenvalue weighted by atomic mass is 9.70. The molecule has 0 aromatic rings. The van der Waals surface area contributed by atoms with Crippen LogP contribution in [0.25, 0.3) is 0 Å². The van der Waals surface area contributed by atoms with Crippen molar-refractivity contribution in [1.29, 1.82) is 0 Å². The third kappa shape index (κ3) is 3.45. The van der Waals surface area contributed by atoms with Crippen molar-refractivity contribution < 1.29 is 0 Å². The summed E-state index contributed by atoms with van der Waals surface area (Å²) in [4.78, 5) is 2.68. The van der Waals surface area contributed by atoms with Gasteiger partial charge in [0, 0.05) is 6.54 Å². The van der Waals surface area contributed by atoms with Gasteiger partial charge in [0.2, 0.25) is 0 Å². The largest absolute Gasteiger partial charge is 0.330 e. The third-order valence-corrected chi connectivity index (χ3v) is 5.20. The van der Waals surface area contributed by atoms with Gasteiger partial charge in [-0.1, -0.05) is 26.7 Å². The van der Waals surface area contributed by atoms with E-state index in [1.54, 1.807) is 0 Å². The third-order valence-electron chi connectivity index (χ3n) is 5.20. The minimum Gasteiger partial charge on any atom is -0.330 e. The first-order valence-corrected chi connectivity index (χ1v) is 7.56. The van der Waals surface area contributed by atoms with Crippen molar-refractivity contribution >= 4 is 0 Å². The van der Waals surface area contributed by atoms with E-state index < -0.39 is 0 Å². The lowest BCUT2D eigenvalue weighted by Gasteiger charge is -2.43. The molecule has 1 heterocycles. The molecule has 17 heavy (non-hydrogen) atoms. The minimum atomic E-state index is 0.451. The van der Waals surface area contributed by atoms with E-state index in [1.165, 1.54) is 58.2 Å². The van der Waals surface area contributed by atoms with Gasteiger partial charge in [-0.15, -0.1) is 0 Å². The SMILES string of the molecule is CC1CCN(CC2(CN)CCC(C)CC2)CC1. The van der Waals surface area contributed by atoms with Crippen molar-refractivity contribution in [2.75, 3.05) is 26.2 Å². The fraction of sp³-hybridized carbons (Fsp3) is 1.00. The molecule has 1 saturated carbocycles. The highest BCUT2D eigenvalue weighted by Crippen LogP contribution is 2.39. The molecule has 1 aliphatic carbocycles. The monoisotopic (exact) mass is 238 g/mol. The Bertz CT molecular complexity index is 223. The number of piperidine rings is 1. The molecule has 0 bridgehead atoms. The zero-order valence-electron chi connectivity index (χ0n) is 11.8. The fourth-order valence-electron chi connectivity index (χ4n) is 3.50. The van der Waals surface area contributed by atoms with Crippen LogP contribution in [0.15, 0.2) is 0 Å². The Morgan fingerprint density at radius 2 is 1.53 bits per heavy atom. The summed E-state index contributed by atoms with van der Waals surface area (Å²) in [6.07, 6.45) is 8.27. The van der Waals surface area contributed by atoms with Crippen LogP contribution in [0.1, 0.15) is 52.4 Å². The van der Waals surface area contributed by atoms with Gasteiger partial charge in [0.1, 0.15) is 0 Å². The Morgan fingerprint density at radius 1 is 1.00 bits per heavy atom. The molecule has 2 heteroatoms. The number of hydrogen-bond acceptors (Lipinski definition) is 2. The van der Waals surface area contributed by atoms with Gasteiger partial charge >= 0.3 is 0 Å². The normalized spacial score (nSPS) is 37.2. The van der Waals surface area contributed by atoms with E-state index in [0.717, 1.165) is 18.4 Å². The van der Waals surface area contributed by atoms with E-state index in [1.807, 2.05) is 0 Å². The van der Waals surface area contributed by atoms with Crippen LogP contribution in [-0.2, 0) is 0 Å². The van der Waals surface area contributed by atoms with Crippen LogP contribution in [0.2, 0.25) is 0 Å². The van der Waals surface area contributed by atoms with E-state index in [9.17, 15) is 0 Å². The number of likely N-dealkylation sites (tertiary alicyclic amines) is 1. The minimum absolute atomic E-state index is 0.451. The maximum Gasteiger partial charge on any atom is 0.00501 e. The summed E-state index contributed by atoms with van der Waals surface area (Å²) in [6.45, 7) is 9.55. The van der Waals surface area contributed by atoms with Gasteiger partial charge in [-0.2, -0.15) is 0 Å². The molecule has 0 aromatic heterocycles. The highest BCUT2D eigenvalue weighted by Gasteiger charge is 2.35. The second-order valence-corrected chi connectivity index (χ2v) is 6.85. The topological polar surface area (TPSA) is 29.3 Å². The number of rotatable bonds is 3. The van der Waals surface area contributed by atoms with E-state index in [4.69, 9.17) is 5.73 Å². The van der Waals surface area contributed by atoms with Crippen molar-refractivity contribution in [2.24, 2.45) is 23.0 Å². The Morgan fingerprint density at radius 3 is 2.06 bits per heavy atom. The quantitative estimate of drug-likeness (QED) is 0.819. The first-order chi connectivity index (χ1) is 8.13. The number of nitrogens with zero attached hydrogens (tertiary/aromatic N) is 1. The highest BCUT2D eigenvalue weighted by molar-refractivity contribution is 4.89. The van der Waals surface area contributed by atoms with Crippen LogP contribution in [-0.4, -0.2) is 31.1 Å². The molecule has 0 spiro atoms. The molecule has 0 radical (unpaired) electrons. The standard InChI is InChI=1S/C15H30N2/c1-13-3-7-15(11-16,8-4-13)12-17-9-5-14(2)6-10-17/h13-14H,3-12,16H2,1-2H3. The predicted molar refractivity (Wildman–Crippen MR) is 74.0 cm³/mol. The Balaban J connectivity index is 1.86. The van der Waals surface area contributed by atoms with E-state index in [0.29, 0.717) is 5.41 Å². The zero-order valence-corrected chi connectivity index (χ0v) is 11.8. The predicted octanol–water partition coefficient (Wildman–Crippen LogP) is 2.87. The molecule has 0 amide bonds. The van der Waals surface area contributed by atoms with Gasteiger partial charge in [0.05, 0.1) is 0 Å². The van der Waals surface area contributed by atoms with Crippen LogP contribution < -0.4 is 5.73 Å². The molecule has 2 N–H and O–H groups in total. The van der Waals surface area contributed by atoms with Crippen LogP contribution in [0.5, 0.6) is 0 Å². The molecule has 0 atom stereocenters. The van der Waals surface area contributed by atoms with E-state index in [-0.39, 0.29) is 0 Å². The van der Waals surface area contributed by atoms with Crippen molar-refractivity contribution in [3.05, 3.63) is 0 Å². The molecule has 2 fully saturated rings. The summed E-state index contributed by atoms with van der Waals surface area (Å²) < 4.78 is 0. The molecule has 2 aliphatic rings. The maximum atomic E-state index is 6.10. The summed E-state index contributed by atoms with van der Waals surface area (Å²) >= 11 is 0. The summed E-state index contributed by atoms with van der Waals surface area (Å²) in [7, 11) is 0. The number of nitrogens with two attached hydrogens (primary N) is 1. The molecule has 1 aliphatic heterocycles. The molecular formula is C15H30N2. The first-order valence-electron chi connectivity index (χ1n) is 7.56. The van der Waals surface area contributed by atoms with Gasteiger partial charge < -0.3 is 10.6 Å². The van der Waals surface area contributed by atoms with Gasteiger partial charge in [-0.05, 0) is 62.6 Å². The Labute approximate surface area is 107 Å². The van der Waals surface area contributed by atoms with E-state index in [2.05, 4.69) is 18.7 Å². The first kappa shape index (κ1) is 13.4. The van der Waals surface area contributed by atoms with Crippen molar-refractivity contribution in [1.82, 2.24) is 4.90 Å². The average Bonchev–Trinajstić information content (AvgIpc) is 2.35. The van der Waals surface area contributed by atoms with E-state index >= 15 is 0 Å². The Hall–Kier alpha value is -0.0800. The fourth-order valence-corrected chi connectivity index (χ4v) is 3.50. The second kappa shape index (κ2) is 5.71.